The average molecular weight is 556 g/mol. The summed E-state index contributed by atoms with van der Waals surface area (Å²) < 4.78 is 70.9. The number of aromatic nitrogens is 4. The van der Waals surface area contributed by atoms with Gasteiger partial charge in [-0.05, 0) is 30.5 Å². The van der Waals surface area contributed by atoms with Crippen LogP contribution in [0.2, 0.25) is 0 Å². The molecule has 39 heavy (non-hydrogen) atoms. The van der Waals surface area contributed by atoms with Crippen molar-refractivity contribution in [3.05, 3.63) is 96.2 Å². The standard InChI is InChI=1S/C27H27F2N5O4S/c1-34-24(7-10-32-34)21-12-20(37-15-18-5-3-2-4-6-18)11-19(21)16-38-25-13-23(29)26(14-22(25)28)39(35,36)33-27-8-9-30-17-31-27/h2-10,13-14,17,19-21H,11-12,15-16H2,1H3,(H,30,31,33)/t19?,20-,21+/m1/s1. The van der Waals surface area contributed by atoms with Crippen LogP contribution in [0.15, 0.2) is 78.2 Å². The molecule has 5 rings (SSSR count). The van der Waals surface area contributed by atoms with Crippen LogP contribution < -0.4 is 9.46 Å². The molecule has 1 fully saturated rings. The Bertz CT molecular complexity index is 1520. The minimum Gasteiger partial charge on any atom is -0.490 e. The molecule has 4 aromatic rings. The summed E-state index contributed by atoms with van der Waals surface area (Å²) in [7, 11) is -2.57. The monoisotopic (exact) mass is 555 g/mol. The zero-order valence-corrected chi connectivity index (χ0v) is 21.9. The van der Waals surface area contributed by atoms with Gasteiger partial charge in [-0.25, -0.2) is 27.2 Å². The van der Waals surface area contributed by atoms with Gasteiger partial charge in [-0.15, -0.1) is 0 Å². The molecule has 0 bridgehead atoms. The molecule has 0 saturated heterocycles. The summed E-state index contributed by atoms with van der Waals surface area (Å²) in [5, 5.41) is 4.28. The summed E-state index contributed by atoms with van der Waals surface area (Å²) in [5.74, 6) is -2.62. The Morgan fingerprint density at radius 3 is 2.59 bits per heavy atom. The summed E-state index contributed by atoms with van der Waals surface area (Å²) in [6.07, 6.45) is 5.49. The molecule has 1 saturated carbocycles. The van der Waals surface area contributed by atoms with Gasteiger partial charge in [-0.2, -0.15) is 5.10 Å². The number of aryl methyl sites for hydroxylation is 1. The summed E-state index contributed by atoms with van der Waals surface area (Å²) >= 11 is 0. The third-order valence-corrected chi connectivity index (χ3v) is 8.14. The number of anilines is 1. The van der Waals surface area contributed by atoms with E-state index in [1.807, 2.05) is 43.4 Å². The van der Waals surface area contributed by atoms with Crippen LogP contribution in [-0.2, 0) is 28.4 Å². The Balaban J connectivity index is 1.29. The summed E-state index contributed by atoms with van der Waals surface area (Å²) in [4.78, 5) is 6.58. The zero-order valence-electron chi connectivity index (χ0n) is 21.1. The van der Waals surface area contributed by atoms with E-state index < -0.39 is 26.6 Å². The van der Waals surface area contributed by atoms with E-state index in [4.69, 9.17) is 9.47 Å². The van der Waals surface area contributed by atoms with E-state index >= 15 is 0 Å². The van der Waals surface area contributed by atoms with Crippen molar-refractivity contribution < 1.29 is 26.7 Å². The lowest BCUT2D eigenvalue weighted by atomic mass is 9.93. The lowest BCUT2D eigenvalue weighted by Crippen LogP contribution is -2.19. The fraction of sp³-hybridized carbons (Fsp3) is 0.296. The van der Waals surface area contributed by atoms with Crippen molar-refractivity contribution >= 4 is 15.8 Å². The molecule has 0 amide bonds. The summed E-state index contributed by atoms with van der Waals surface area (Å²) in [6.45, 7) is 0.554. The molecule has 0 spiro atoms. The first kappa shape index (κ1) is 26.7. The van der Waals surface area contributed by atoms with Crippen molar-refractivity contribution in [3.63, 3.8) is 0 Å². The van der Waals surface area contributed by atoms with Crippen LogP contribution in [0.5, 0.6) is 5.75 Å². The van der Waals surface area contributed by atoms with Crippen LogP contribution in [0.1, 0.15) is 30.0 Å². The molecule has 204 valence electrons. The highest BCUT2D eigenvalue weighted by atomic mass is 32.2. The largest absolute Gasteiger partial charge is 0.490 e. The Kier molecular flexibility index (Phi) is 7.84. The van der Waals surface area contributed by atoms with E-state index in [9.17, 15) is 17.2 Å². The first-order chi connectivity index (χ1) is 18.8. The fourth-order valence-electron chi connectivity index (χ4n) is 4.86. The molecule has 0 radical (unpaired) electrons. The van der Waals surface area contributed by atoms with Gasteiger partial charge in [0.25, 0.3) is 10.0 Å². The molecule has 2 heterocycles. The minimum atomic E-state index is -4.43. The van der Waals surface area contributed by atoms with Crippen molar-refractivity contribution in [3.8, 4) is 5.75 Å². The average Bonchev–Trinajstić information content (AvgIpc) is 3.53. The number of halogens is 2. The SMILES string of the molecule is Cn1nccc1[C@H]1C[C@H](OCc2ccccc2)CC1COc1cc(F)c(S(=O)(=O)Nc2ccncn2)cc1F. The molecule has 1 unspecified atom stereocenters. The lowest BCUT2D eigenvalue weighted by Gasteiger charge is -2.20. The van der Waals surface area contributed by atoms with E-state index in [1.165, 1.54) is 12.3 Å². The van der Waals surface area contributed by atoms with Gasteiger partial charge in [0.2, 0.25) is 0 Å². The van der Waals surface area contributed by atoms with Gasteiger partial charge in [0.15, 0.2) is 11.6 Å². The van der Waals surface area contributed by atoms with Gasteiger partial charge < -0.3 is 9.47 Å². The van der Waals surface area contributed by atoms with Crippen molar-refractivity contribution in [1.29, 1.82) is 0 Å². The lowest BCUT2D eigenvalue weighted by molar-refractivity contribution is 0.0408. The Morgan fingerprint density at radius 2 is 1.87 bits per heavy atom. The highest BCUT2D eigenvalue weighted by Crippen LogP contribution is 2.42. The van der Waals surface area contributed by atoms with Crippen LogP contribution in [0.25, 0.3) is 0 Å². The number of hydrogen-bond donors (Lipinski definition) is 1. The Morgan fingerprint density at radius 1 is 1.05 bits per heavy atom. The molecular weight excluding hydrogens is 528 g/mol. The molecule has 9 nitrogen and oxygen atoms in total. The molecule has 1 aliphatic carbocycles. The van der Waals surface area contributed by atoms with Gasteiger partial charge in [-0.1, -0.05) is 30.3 Å². The predicted octanol–water partition coefficient (Wildman–Crippen LogP) is 4.45. The van der Waals surface area contributed by atoms with Crippen LogP contribution in [0, 0.1) is 17.6 Å². The fourth-order valence-corrected chi connectivity index (χ4v) is 5.94. The van der Waals surface area contributed by atoms with Crippen molar-refractivity contribution in [2.75, 3.05) is 11.3 Å². The van der Waals surface area contributed by atoms with E-state index in [0.29, 0.717) is 19.1 Å². The van der Waals surface area contributed by atoms with Gasteiger partial charge in [0, 0.05) is 49.1 Å². The predicted molar refractivity (Wildman–Crippen MR) is 138 cm³/mol. The van der Waals surface area contributed by atoms with Crippen LogP contribution in [0.3, 0.4) is 0 Å². The van der Waals surface area contributed by atoms with Crippen molar-refractivity contribution in [2.45, 2.75) is 36.4 Å². The molecule has 12 heteroatoms. The quantitative estimate of drug-likeness (QED) is 0.308. The Hall–Kier alpha value is -3.90. The number of hydrogen-bond acceptors (Lipinski definition) is 7. The molecule has 1 aliphatic rings. The highest BCUT2D eigenvalue weighted by molar-refractivity contribution is 7.92. The van der Waals surface area contributed by atoms with E-state index in [0.717, 1.165) is 30.1 Å². The third kappa shape index (κ3) is 6.23. The van der Waals surface area contributed by atoms with Crippen molar-refractivity contribution in [1.82, 2.24) is 19.7 Å². The zero-order chi connectivity index (χ0) is 27.4. The van der Waals surface area contributed by atoms with E-state index in [2.05, 4.69) is 19.8 Å². The van der Waals surface area contributed by atoms with Gasteiger partial charge >= 0.3 is 0 Å². The summed E-state index contributed by atoms with van der Waals surface area (Å²) in [6, 6.07) is 14.4. The first-order valence-corrected chi connectivity index (χ1v) is 13.8. The van der Waals surface area contributed by atoms with Crippen LogP contribution in [-0.4, -0.2) is 40.9 Å². The second-order valence-corrected chi connectivity index (χ2v) is 11.0. The second kappa shape index (κ2) is 11.5. The first-order valence-electron chi connectivity index (χ1n) is 12.3. The molecule has 2 aromatic carbocycles. The number of rotatable bonds is 10. The van der Waals surface area contributed by atoms with Gasteiger partial charge in [0.1, 0.15) is 22.9 Å². The van der Waals surface area contributed by atoms with Gasteiger partial charge in [0.05, 0.1) is 19.3 Å². The highest BCUT2D eigenvalue weighted by Gasteiger charge is 2.38. The smallest absolute Gasteiger partial charge is 0.266 e. The van der Waals surface area contributed by atoms with Crippen LogP contribution >= 0.6 is 0 Å². The Labute approximate surface area is 224 Å². The van der Waals surface area contributed by atoms with E-state index in [-0.39, 0.29) is 36.1 Å². The van der Waals surface area contributed by atoms with Gasteiger partial charge in [-0.3, -0.25) is 9.40 Å². The molecular formula is C27H27F2N5O4S. The maximum Gasteiger partial charge on any atom is 0.266 e. The summed E-state index contributed by atoms with van der Waals surface area (Å²) in [5.41, 5.74) is 2.06. The molecule has 0 aliphatic heterocycles. The number of sulfonamides is 1. The number of nitrogens with zero attached hydrogens (tertiary/aromatic N) is 4. The topological polar surface area (TPSA) is 108 Å². The third-order valence-electron chi connectivity index (χ3n) is 6.77. The van der Waals surface area contributed by atoms with Crippen LogP contribution in [0.4, 0.5) is 14.6 Å². The number of nitrogens with one attached hydrogen (secondary N) is 1. The molecule has 1 N–H and O–H groups in total. The second-order valence-electron chi connectivity index (χ2n) is 9.36. The van der Waals surface area contributed by atoms with Crippen molar-refractivity contribution in [2.24, 2.45) is 13.0 Å². The normalized spacial score (nSPS) is 19.2. The van der Waals surface area contributed by atoms with E-state index in [1.54, 1.807) is 10.9 Å². The minimum absolute atomic E-state index is 0.0305. The number of benzene rings is 2. The molecule has 3 atom stereocenters. The molecule has 2 aromatic heterocycles. The maximum atomic E-state index is 14.9. The maximum absolute atomic E-state index is 14.9. The number of ether oxygens (including phenoxy) is 2.